The van der Waals surface area contributed by atoms with Gasteiger partial charge >= 0.3 is 12.2 Å². The second-order valence-corrected chi connectivity index (χ2v) is 4.22. The number of alkyl halides is 3. The zero-order chi connectivity index (χ0) is 13.8. The quantitative estimate of drug-likeness (QED) is 0.896. The molecule has 0 fully saturated rings. The number of anilines is 1. The van der Waals surface area contributed by atoms with Crippen molar-refractivity contribution in [3.05, 3.63) is 22.7 Å². The Bertz CT molecular complexity index is 438. The molecule has 1 aromatic rings. The molecule has 0 spiro atoms. The summed E-state index contributed by atoms with van der Waals surface area (Å²) in [4.78, 5) is 11.2. The Labute approximate surface area is 110 Å². The fourth-order valence-electron chi connectivity index (χ4n) is 1.11. The smallest absolute Gasteiger partial charge is 0.405 e. The molecule has 18 heavy (non-hydrogen) atoms. The maximum Gasteiger partial charge on any atom is 0.405 e. The van der Waals surface area contributed by atoms with Crippen molar-refractivity contribution in [1.29, 1.82) is 0 Å². The fourth-order valence-corrected chi connectivity index (χ4v) is 1.58. The van der Waals surface area contributed by atoms with Crippen LogP contribution >= 0.6 is 15.9 Å². The maximum absolute atomic E-state index is 11.9. The Hall–Kier alpha value is -1.44. The number of carbonyl (C=O) groups is 1. The number of hydrogen-bond acceptors (Lipinski definition) is 2. The average Bonchev–Trinajstić information content (AvgIpc) is 2.24. The maximum atomic E-state index is 11.9. The van der Waals surface area contributed by atoms with Gasteiger partial charge in [0.1, 0.15) is 12.3 Å². The van der Waals surface area contributed by atoms with Crippen LogP contribution in [0.1, 0.15) is 0 Å². The SMILES string of the molecule is COc1cc(Br)cc(NC(=O)NCC(F)(F)F)c1. The van der Waals surface area contributed by atoms with Gasteiger partial charge in [-0.05, 0) is 12.1 Å². The van der Waals surface area contributed by atoms with E-state index >= 15 is 0 Å². The second-order valence-electron chi connectivity index (χ2n) is 3.30. The molecule has 1 rings (SSSR count). The molecule has 100 valence electrons. The lowest BCUT2D eigenvalue weighted by molar-refractivity contribution is -0.122. The average molecular weight is 327 g/mol. The summed E-state index contributed by atoms with van der Waals surface area (Å²) in [5.41, 5.74) is 0.320. The van der Waals surface area contributed by atoms with E-state index in [0.717, 1.165) is 0 Å². The highest BCUT2D eigenvalue weighted by Crippen LogP contribution is 2.24. The van der Waals surface area contributed by atoms with Crippen LogP contribution in [0, 0.1) is 0 Å². The van der Waals surface area contributed by atoms with Gasteiger partial charge < -0.3 is 15.4 Å². The number of benzene rings is 1. The molecule has 0 aliphatic carbocycles. The summed E-state index contributed by atoms with van der Waals surface area (Å²) in [6.07, 6.45) is -4.44. The minimum Gasteiger partial charge on any atom is -0.497 e. The zero-order valence-corrected chi connectivity index (χ0v) is 10.9. The molecule has 0 bridgehead atoms. The largest absolute Gasteiger partial charge is 0.497 e. The number of rotatable bonds is 3. The molecule has 0 saturated heterocycles. The minimum absolute atomic E-state index is 0.320. The van der Waals surface area contributed by atoms with Gasteiger partial charge in [0.25, 0.3) is 0 Å². The van der Waals surface area contributed by atoms with Crippen molar-refractivity contribution in [2.24, 2.45) is 0 Å². The minimum atomic E-state index is -4.44. The second kappa shape index (κ2) is 5.94. The monoisotopic (exact) mass is 326 g/mol. The first-order valence-corrected chi connectivity index (χ1v) is 5.55. The van der Waals surface area contributed by atoms with Crippen molar-refractivity contribution in [3.63, 3.8) is 0 Å². The first-order valence-electron chi connectivity index (χ1n) is 4.76. The van der Waals surface area contributed by atoms with Crippen molar-refractivity contribution in [1.82, 2.24) is 5.32 Å². The lowest BCUT2D eigenvalue weighted by atomic mass is 10.3. The van der Waals surface area contributed by atoms with Gasteiger partial charge in [0.15, 0.2) is 0 Å². The molecular formula is C10H10BrF3N2O2. The third-order valence-corrected chi connectivity index (χ3v) is 2.27. The van der Waals surface area contributed by atoms with Crippen molar-refractivity contribution in [2.45, 2.75) is 6.18 Å². The van der Waals surface area contributed by atoms with E-state index < -0.39 is 18.8 Å². The molecule has 0 unspecified atom stereocenters. The molecule has 4 nitrogen and oxygen atoms in total. The molecular weight excluding hydrogens is 317 g/mol. The van der Waals surface area contributed by atoms with E-state index in [9.17, 15) is 18.0 Å². The Morgan fingerprint density at radius 1 is 1.39 bits per heavy atom. The van der Waals surface area contributed by atoms with Gasteiger partial charge in [0, 0.05) is 16.2 Å². The van der Waals surface area contributed by atoms with Crippen LogP contribution in [0.3, 0.4) is 0 Å². The van der Waals surface area contributed by atoms with E-state index in [2.05, 4.69) is 21.2 Å². The molecule has 2 N–H and O–H groups in total. The summed E-state index contributed by atoms with van der Waals surface area (Å²) >= 11 is 3.18. The summed E-state index contributed by atoms with van der Waals surface area (Å²) in [6.45, 7) is -1.38. The molecule has 0 aliphatic heterocycles. The number of hydrogen-bond donors (Lipinski definition) is 2. The highest BCUT2D eigenvalue weighted by molar-refractivity contribution is 9.10. The normalized spacial score (nSPS) is 10.9. The predicted octanol–water partition coefficient (Wildman–Crippen LogP) is 3.14. The molecule has 2 amide bonds. The van der Waals surface area contributed by atoms with Crippen molar-refractivity contribution < 1.29 is 22.7 Å². The molecule has 0 aliphatic rings. The Morgan fingerprint density at radius 3 is 2.61 bits per heavy atom. The highest BCUT2D eigenvalue weighted by Gasteiger charge is 2.27. The number of carbonyl (C=O) groups excluding carboxylic acids is 1. The van der Waals surface area contributed by atoms with Crippen molar-refractivity contribution in [2.75, 3.05) is 19.0 Å². The highest BCUT2D eigenvalue weighted by atomic mass is 79.9. The summed E-state index contributed by atoms with van der Waals surface area (Å²) in [5.74, 6) is 0.468. The molecule has 0 radical (unpaired) electrons. The Morgan fingerprint density at radius 2 is 2.06 bits per heavy atom. The lowest BCUT2D eigenvalue weighted by Crippen LogP contribution is -2.36. The number of halogens is 4. The van der Waals surface area contributed by atoms with Crippen molar-refractivity contribution >= 4 is 27.6 Å². The van der Waals surface area contributed by atoms with Gasteiger partial charge in [-0.2, -0.15) is 13.2 Å². The van der Waals surface area contributed by atoms with Crippen LogP contribution in [0.2, 0.25) is 0 Å². The zero-order valence-electron chi connectivity index (χ0n) is 9.27. The molecule has 8 heteroatoms. The Kier molecular flexibility index (Phi) is 4.83. The Balaban J connectivity index is 2.61. The number of amides is 2. The molecule has 0 saturated carbocycles. The molecule has 0 aromatic heterocycles. The number of urea groups is 1. The van der Waals surface area contributed by atoms with E-state index in [4.69, 9.17) is 4.74 Å². The van der Waals surface area contributed by atoms with Gasteiger partial charge in [-0.25, -0.2) is 4.79 Å². The third kappa shape index (κ3) is 5.26. The summed E-state index contributed by atoms with van der Waals surface area (Å²) in [7, 11) is 1.44. The van der Waals surface area contributed by atoms with Crippen LogP contribution in [-0.4, -0.2) is 25.9 Å². The molecule has 1 aromatic carbocycles. The molecule has 0 heterocycles. The van der Waals surface area contributed by atoms with Gasteiger partial charge in [0.2, 0.25) is 0 Å². The number of nitrogens with one attached hydrogen (secondary N) is 2. The van der Waals surface area contributed by atoms with Crippen LogP contribution in [0.5, 0.6) is 5.75 Å². The van der Waals surface area contributed by atoms with Crippen LogP contribution in [-0.2, 0) is 0 Å². The van der Waals surface area contributed by atoms with Crippen molar-refractivity contribution in [3.8, 4) is 5.75 Å². The van der Waals surface area contributed by atoms with E-state index in [1.807, 2.05) is 0 Å². The van der Waals surface area contributed by atoms with E-state index in [-0.39, 0.29) is 0 Å². The van der Waals surface area contributed by atoms with Gasteiger partial charge in [-0.3, -0.25) is 0 Å². The van der Waals surface area contributed by atoms with Gasteiger partial charge in [0.05, 0.1) is 7.11 Å². The summed E-state index contributed by atoms with van der Waals surface area (Å²) in [5, 5.41) is 3.97. The molecule has 0 atom stereocenters. The van der Waals surface area contributed by atoms with Crippen LogP contribution in [0.25, 0.3) is 0 Å². The fraction of sp³-hybridized carbons (Fsp3) is 0.300. The predicted molar refractivity (Wildman–Crippen MR) is 63.8 cm³/mol. The first kappa shape index (κ1) is 14.6. The van der Waals surface area contributed by atoms with Crippen LogP contribution in [0.15, 0.2) is 22.7 Å². The van der Waals surface area contributed by atoms with E-state index in [1.165, 1.54) is 19.2 Å². The summed E-state index contributed by atoms with van der Waals surface area (Å²) < 4.78 is 41.2. The van der Waals surface area contributed by atoms with Crippen LogP contribution < -0.4 is 15.4 Å². The number of methoxy groups -OCH3 is 1. The first-order chi connectivity index (χ1) is 8.30. The van der Waals surface area contributed by atoms with Gasteiger partial charge in [-0.15, -0.1) is 0 Å². The summed E-state index contributed by atoms with van der Waals surface area (Å²) in [6, 6.07) is 3.74. The lowest BCUT2D eigenvalue weighted by Gasteiger charge is -2.11. The van der Waals surface area contributed by atoms with E-state index in [1.54, 1.807) is 11.4 Å². The topological polar surface area (TPSA) is 50.4 Å². The standard InChI is InChI=1S/C10H10BrF3N2O2/c1-18-8-3-6(11)2-7(4-8)16-9(17)15-5-10(12,13)14/h2-4H,5H2,1H3,(H2,15,16,17). The van der Waals surface area contributed by atoms with Crippen LogP contribution in [0.4, 0.5) is 23.7 Å². The van der Waals surface area contributed by atoms with E-state index in [0.29, 0.717) is 15.9 Å². The van der Waals surface area contributed by atoms with Gasteiger partial charge in [-0.1, -0.05) is 15.9 Å². The number of ether oxygens (including phenoxy) is 1. The third-order valence-electron chi connectivity index (χ3n) is 1.81.